The van der Waals surface area contributed by atoms with Crippen LogP contribution in [0.3, 0.4) is 0 Å². The molecule has 2 aromatic rings. The van der Waals surface area contributed by atoms with Crippen LogP contribution < -0.4 is 0 Å². The van der Waals surface area contributed by atoms with E-state index in [2.05, 4.69) is 9.97 Å². The number of hydrogen-bond acceptors (Lipinski definition) is 15. The van der Waals surface area contributed by atoms with Crippen molar-refractivity contribution in [1.29, 1.82) is 0 Å². The first-order valence-corrected chi connectivity index (χ1v) is 22.3. The molecule has 5 aliphatic rings. The molecular weight excluding hydrogens is 818 g/mol. The van der Waals surface area contributed by atoms with Crippen LogP contribution in [0.25, 0.3) is 11.3 Å². The van der Waals surface area contributed by atoms with E-state index in [1.54, 1.807) is 45.0 Å². The number of esters is 1. The number of halogens is 1. The van der Waals surface area contributed by atoms with Gasteiger partial charge < -0.3 is 43.3 Å². The van der Waals surface area contributed by atoms with Gasteiger partial charge in [0.25, 0.3) is 0 Å². The zero-order chi connectivity index (χ0) is 45.5. The zero-order valence-electron chi connectivity index (χ0n) is 38.1. The molecule has 7 heterocycles. The van der Waals surface area contributed by atoms with Gasteiger partial charge in [0.1, 0.15) is 18.0 Å². The van der Waals surface area contributed by atoms with Crippen molar-refractivity contribution in [3.63, 3.8) is 0 Å². The average Bonchev–Trinajstić information content (AvgIpc) is 3.52. The highest BCUT2D eigenvalue weighted by Crippen LogP contribution is 2.45. The van der Waals surface area contributed by atoms with Gasteiger partial charge in [-0.1, -0.05) is 38.9 Å². The van der Waals surface area contributed by atoms with Crippen LogP contribution in [0.2, 0.25) is 0 Å². The number of aliphatic hydroxyl groups excluding tert-OH is 1. The van der Waals surface area contributed by atoms with E-state index >= 15 is 0 Å². The topological polar surface area (TPSA) is 181 Å². The highest BCUT2D eigenvalue weighted by Gasteiger charge is 2.61. The molecular formula is C46H64FN5O11. The number of hydrogen-bond donors (Lipinski definition) is 1. The van der Waals surface area contributed by atoms with Crippen LogP contribution in [-0.4, -0.2) is 142 Å². The Labute approximate surface area is 369 Å². The first-order chi connectivity index (χ1) is 29.8. The van der Waals surface area contributed by atoms with Crippen LogP contribution in [0.5, 0.6) is 0 Å². The number of ether oxygens (including phenoxy) is 6. The van der Waals surface area contributed by atoms with Crippen LogP contribution in [-0.2, 0) is 49.5 Å². The number of oxime groups is 1. The van der Waals surface area contributed by atoms with E-state index in [4.69, 9.17) is 38.4 Å². The molecule has 1 N–H and O–H groups in total. The van der Waals surface area contributed by atoms with Gasteiger partial charge in [-0.15, -0.1) is 0 Å². The number of carbonyl (C=O) groups excluding carboxylic acids is 3. The first-order valence-electron chi connectivity index (χ1n) is 22.3. The second-order valence-electron chi connectivity index (χ2n) is 18.9. The van der Waals surface area contributed by atoms with Crippen molar-refractivity contribution in [2.24, 2.45) is 34.7 Å². The summed E-state index contributed by atoms with van der Waals surface area (Å²) in [5, 5.41) is 16.4. The van der Waals surface area contributed by atoms with E-state index in [-0.39, 0.29) is 57.1 Å². The number of carbonyl (C=O) groups is 3. The van der Waals surface area contributed by atoms with Crippen molar-refractivity contribution in [1.82, 2.24) is 19.8 Å². The molecule has 6 bridgehead atoms. The fourth-order valence-corrected chi connectivity index (χ4v) is 10.6. The van der Waals surface area contributed by atoms with Gasteiger partial charge in [0.15, 0.2) is 18.5 Å². The summed E-state index contributed by atoms with van der Waals surface area (Å²) in [5.41, 5.74) is -0.579. The van der Waals surface area contributed by atoms with E-state index in [9.17, 15) is 23.9 Å². The normalized spacial score (nSPS) is 39.6. The Morgan fingerprint density at radius 2 is 1.81 bits per heavy atom. The maximum absolute atomic E-state index is 14.9. The molecule has 0 spiro atoms. The summed E-state index contributed by atoms with van der Waals surface area (Å²) in [5.74, 6) is -4.83. The molecule has 0 aliphatic carbocycles. The molecule has 5 aliphatic heterocycles. The third-order valence-electron chi connectivity index (χ3n) is 14.0. The van der Waals surface area contributed by atoms with Crippen LogP contribution >= 0.6 is 0 Å². The highest BCUT2D eigenvalue weighted by molar-refractivity contribution is 5.92. The molecule has 5 saturated heterocycles. The van der Waals surface area contributed by atoms with Crippen molar-refractivity contribution in [3.8, 4) is 11.3 Å². The van der Waals surface area contributed by atoms with Gasteiger partial charge in [0, 0.05) is 41.5 Å². The Hall–Kier alpha value is -4.13. The van der Waals surface area contributed by atoms with E-state index in [1.165, 1.54) is 17.2 Å². The number of nitrogens with zero attached hydrogens (tertiary/aromatic N) is 5. The molecule has 0 aromatic carbocycles. The third-order valence-corrected chi connectivity index (χ3v) is 14.0. The summed E-state index contributed by atoms with van der Waals surface area (Å²) in [6.07, 6.45) is -3.23. The Balaban J connectivity index is 1.35. The number of cyclic esters (lactones) is 1. The number of ketones is 1. The van der Waals surface area contributed by atoms with Crippen LogP contribution in [0.1, 0.15) is 80.3 Å². The van der Waals surface area contributed by atoms with Crippen molar-refractivity contribution in [2.75, 3.05) is 33.9 Å². The smallest absolute Gasteiger partial charge is 0.411 e. The number of amides is 1. The molecule has 0 radical (unpaired) electrons. The Kier molecular flexibility index (Phi) is 14.0. The lowest BCUT2D eigenvalue weighted by Gasteiger charge is -2.48. The van der Waals surface area contributed by atoms with Gasteiger partial charge in [0.05, 0.1) is 72.7 Å². The summed E-state index contributed by atoms with van der Waals surface area (Å²) in [6.45, 7) is 14.5. The fraction of sp³-hybridized carbons (Fsp3) is 0.696. The second-order valence-corrected chi connectivity index (χ2v) is 18.9. The Morgan fingerprint density at radius 3 is 2.51 bits per heavy atom. The minimum absolute atomic E-state index is 0.00270. The van der Waals surface area contributed by atoms with Crippen molar-refractivity contribution < 1.29 is 57.1 Å². The number of aromatic nitrogens is 2. The maximum atomic E-state index is 14.9. The summed E-state index contributed by atoms with van der Waals surface area (Å²) >= 11 is 0. The van der Waals surface area contributed by atoms with Gasteiger partial charge in [-0.25, -0.2) is 14.8 Å². The number of rotatable bonds is 8. The van der Waals surface area contributed by atoms with E-state index in [1.807, 2.05) is 53.6 Å². The van der Waals surface area contributed by atoms with Crippen molar-refractivity contribution in [2.45, 2.75) is 141 Å². The summed E-state index contributed by atoms with van der Waals surface area (Å²) in [6, 6.07) is 7.05. The summed E-state index contributed by atoms with van der Waals surface area (Å²) in [7, 11) is 3.80. The molecule has 63 heavy (non-hydrogen) atoms. The molecule has 0 saturated carbocycles. The second kappa shape index (κ2) is 18.8. The van der Waals surface area contributed by atoms with E-state index in [0.717, 1.165) is 0 Å². The van der Waals surface area contributed by atoms with Gasteiger partial charge >= 0.3 is 12.1 Å². The lowest BCUT2D eigenvalue weighted by molar-refractivity contribution is -0.302. The highest BCUT2D eigenvalue weighted by atomic mass is 19.1. The summed E-state index contributed by atoms with van der Waals surface area (Å²) < 4.78 is 53.4. The largest absolute Gasteiger partial charge is 0.458 e. The number of likely N-dealkylation sites (N-methyl/N-ethyl adjacent to an activating group) is 1. The third kappa shape index (κ3) is 9.37. The minimum atomic E-state index is -1.43. The fourth-order valence-electron chi connectivity index (χ4n) is 10.6. The maximum Gasteiger partial charge on any atom is 0.411 e. The van der Waals surface area contributed by atoms with Gasteiger partial charge in [-0.3, -0.25) is 14.5 Å². The van der Waals surface area contributed by atoms with E-state index in [0.29, 0.717) is 29.1 Å². The Bertz CT molecular complexity index is 2010. The quantitative estimate of drug-likeness (QED) is 0.208. The zero-order valence-corrected chi connectivity index (χ0v) is 38.1. The number of pyridine rings is 2. The molecule has 346 valence electrons. The molecule has 5 fully saturated rings. The monoisotopic (exact) mass is 881 g/mol. The average molecular weight is 882 g/mol. The van der Waals surface area contributed by atoms with Crippen LogP contribution in [0, 0.1) is 35.5 Å². The van der Waals surface area contributed by atoms with Gasteiger partial charge in [-0.2, -0.15) is 4.39 Å². The molecule has 1 amide bonds. The first kappa shape index (κ1) is 46.9. The lowest BCUT2D eigenvalue weighted by atomic mass is 9.73. The molecule has 3 unspecified atom stereocenters. The lowest BCUT2D eigenvalue weighted by Crippen LogP contribution is -2.61. The molecule has 17 heteroatoms. The van der Waals surface area contributed by atoms with Gasteiger partial charge in [0.2, 0.25) is 5.95 Å². The van der Waals surface area contributed by atoms with E-state index < -0.39 is 95.5 Å². The molecule has 15 atom stereocenters. The molecule has 2 aromatic heterocycles. The van der Waals surface area contributed by atoms with Crippen LogP contribution in [0.4, 0.5) is 9.18 Å². The number of aliphatic hydroxyl groups is 1. The van der Waals surface area contributed by atoms with Crippen molar-refractivity contribution in [3.05, 3.63) is 48.2 Å². The predicted molar refractivity (Wildman–Crippen MR) is 226 cm³/mol. The SMILES string of the molecule is CC[C@H]1OC(=O)[C@H](C)[C@H]2OCC3COC(C)(C[C@@H](C)C(=O)[C@H](C)[C@@H]4N(C/C3=N/OCc3cccc(-c5ccc(F)nc5)n3)C(=O)OC41C)[C@H](O[C@@H]1O[C@H](C)C[C@H](N(C)C)[C@H]1O)[C@H]2C. The summed E-state index contributed by atoms with van der Waals surface area (Å²) in [4.78, 5) is 61.6. The standard InChI is InChI=1S/C46H64FN5O11/c1-11-35-46(8)40-26(4)37(53)24(2)18-45(7)41(62-43-38(54)34(51(9)10)17-25(3)60-43)27(5)39(28(6)42(55)61-35)57-21-30(22-58-45)33(20-52(40)44(56)63-46)50-59-23-31-13-12-14-32(49-31)29-15-16-36(47)48-19-29/h12-16,19,24-28,30,34-35,38-41,43,54H,11,17-18,20-23H2,1-10H3/b50-33-/t24-,25-,26+,27+,28-,30?,34+,35-,38-,39+,40+,41-,43+,45?,46?/m1/s1. The van der Waals surface area contributed by atoms with Crippen molar-refractivity contribution >= 4 is 23.6 Å². The predicted octanol–water partition coefficient (Wildman–Crippen LogP) is 5.19. The number of Topliss-reactive ketones (excluding diaryl/α,β-unsaturated/α-hetero) is 1. The molecule has 16 nitrogen and oxygen atoms in total. The van der Waals surface area contributed by atoms with Gasteiger partial charge in [-0.05, 0) is 85.3 Å². The Morgan fingerprint density at radius 1 is 1.05 bits per heavy atom. The molecule has 7 rings (SSSR count). The number of fused-ring (bicyclic) bond motifs is 5. The minimum Gasteiger partial charge on any atom is -0.458 e. The van der Waals surface area contributed by atoms with Crippen LogP contribution in [0.15, 0.2) is 41.7 Å².